The summed E-state index contributed by atoms with van der Waals surface area (Å²) < 4.78 is 5.23. The SMILES string of the molecule is COc1ccc([N+](=O)[O-])cc1CNC(C)CCSC. The van der Waals surface area contributed by atoms with Crippen LogP contribution in [0.15, 0.2) is 18.2 Å². The van der Waals surface area contributed by atoms with Crippen molar-refractivity contribution >= 4 is 17.4 Å². The minimum Gasteiger partial charge on any atom is -0.496 e. The van der Waals surface area contributed by atoms with Gasteiger partial charge in [0.25, 0.3) is 5.69 Å². The second-order valence-corrected chi connectivity index (χ2v) is 5.30. The summed E-state index contributed by atoms with van der Waals surface area (Å²) in [7, 11) is 1.57. The predicted molar refractivity (Wildman–Crippen MR) is 78.9 cm³/mol. The lowest BCUT2D eigenvalue weighted by molar-refractivity contribution is -0.384. The summed E-state index contributed by atoms with van der Waals surface area (Å²) in [5.41, 5.74) is 0.905. The molecule has 0 aromatic heterocycles. The third-order valence-corrected chi connectivity index (χ3v) is 3.51. The van der Waals surface area contributed by atoms with Crippen molar-refractivity contribution in [2.45, 2.75) is 25.9 Å². The highest BCUT2D eigenvalue weighted by Crippen LogP contribution is 2.23. The van der Waals surface area contributed by atoms with Gasteiger partial charge in [0.1, 0.15) is 5.75 Å². The quantitative estimate of drug-likeness (QED) is 0.587. The summed E-state index contributed by atoms with van der Waals surface area (Å²) in [6, 6.07) is 5.03. The maximum Gasteiger partial charge on any atom is 0.270 e. The summed E-state index contributed by atoms with van der Waals surface area (Å²) >= 11 is 1.81. The van der Waals surface area contributed by atoms with E-state index in [0.717, 1.165) is 17.7 Å². The van der Waals surface area contributed by atoms with E-state index < -0.39 is 0 Å². The Balaban J connectivity index is 2.69. The van der Waals surface area contributed by atoms with Gasteiger partial charge in [-0.2, -0.15) is 11.8 Å². The first-order valence-electron chi connectivity index (χ1n) is 6.12. The van der Waals surface area contributed by atoms with Gasteiger partial charge < -0.3 is 10.1 Å². The van der Waals surface area contributed by atoms with E-state index in [1.165, 1.54) is 6.07 Å². The van der Waals surface area contributed by atoms with Crippen LogP contribution in [0.25, 0.3) is 0 Å². The lowest BCUT2D eigenvalue weighted by Gasteiger charge is -2.14. The van der Waals surface area contributed by atoms with Crippen molar-refractivity contribution in [2.24, 2.45) is 0 Å². The number of nitro benzene ring substituents is 1. The van der Waals surface area contributed by atoms with Gasteiger partial charge in [0.15, 0.2) is 0 Å². The fourth-order valence-electron chi connectivity index (χ4n) is 1.70. The molecule has 0 fully saturated rings. The molecule has 1 atom stereocenters. The first kappa shape index (κ1) is 15.8. The van der Waals surface area contributed by atoms with Crippen molar-refractivity contribution in [3.63, 3.8) is 0 Å². The minimum atomic E-state index is -0.389. The summed E-state index contributed by atoms with van der Waals surface area (Å²) in [6.07, 6.45) is 3.15. The Morgan fingerprint density at radius 1 is 1.53 bits per heavy atom. The fourth-order valence-corrected chi connectivity index (χ4v) is 2.29. The number of hydrogen-bond donors (Lipinski definition) is 1. The summed E-state index contributed by atoms with van der Waals surface area (Å²) in [5.74, 6) is 1.77. The average molecular weight is 284 g/mol. The van der Waals surface area contributed by atoms with Crippen LogP contribution < -0.4 is 10.1 Å². The number of nitro groups is 1. The van der Waals surface area contributed by atoms with Crippen LogP contribution in [0.3, 0.4) is 0 Å². The topological polar surface area (TPSA) is 64.4 Å². The molecule has 5 nitrogen and oxygen atoms in total. The average Bonchev–Trinajstić information content (AvgIpc) is 2.42. The summed E-state index contributed by atoms with van der Waals surface area (Å²) in [4.78, 5) is 10.4. The van der Waals surface area contributed by atoms with Gasteiger partial charge in [-0.25, -0.2) is 0 Å². The van der Waals surface area contributed by atoms with E-state index in [2.05, 4.69) is 18.5 Å². The molecule has 0 aliphatic heterocycles. The van der Waals surface area contributed by atoms with Crippen molar-refractivity contribution < 1.29 is 9.66 Å². The van der Waals surface area contributed by atoms with E-state index in [4.69, 9.17) is 4.74 Å². The number of rotatable bonds is 8. The Labute approximate surface area is 117 Å². The standard InChI is InChI=1S/C13H20N2O3S/c1-10(6-7-19-3)14-9-11-8-12(15(16)17)4-5-13(11)18-2/h4-5,8,10,14H,6-7,9H2,1-3H3. The number of nitrogens with one attached hydrogen (secondary N) is 1. The van der Waals surface area contributed by atoms with E-state index >= 15 is 0 Å². The highest BCUT2D eigenvalue weighted by atomic mass is 32.2. The first-order chi connectivity index (χ1) is 9.08. The fraction of sp³-hybridized carbons (Fsp3) is 0.538. The maximum atomic E-state index is 10.8. The molecule has 0 saturated carbocycles. The minimum absolute atomic E-state index is 0.0920. The third-order valence-electron chi connectivity index (χ3n) is 2.87. The number of methoxy groups -OCH3 is 1. The maximum absolute atomic E-state index is 10.8. The molecule has 0 aliphatic rings. The molecule has 0 amide bonds. The monoisotopic (exact) mass is 284 g/mol. The Morgan fingerprint density at radius 3 is 2.84 bits per heavy atom. The molecule has 0 heterocycles. The van der Waals surface area contributed by atoms with Crippen LogP contribution in [0.2, 0.25) is 0 Å². The molecule has 1 aromatic rings. The Kier molecular flexibility index (Phi) is 6.66. The Bertz CT molecular complexity index is 426. The van der Waals surface area contributed by atoms with Crippen molar-refractivity contribution in [1.82, 2.24) is 5.32 Å². The molecule has 19 heavy (non-hydrogen) atoms. The van der Waals surface area contributed by atoms with E-state index in [1.807, 2.05) is 11.8 Å². The zero-order chi connectivity index (χ0) is 14.3. The normalized spacial score (nSPS) is 12.2. The first-order valence-corrected chi connectivity index (χ1v) is 7.51. The van der Waals surface area contributed by atoms with Crippen molar-refractivity contribution in [3.05, 3.63) is 33.9 Å². The lowest BCUT2D eigenvalue weighted by atomic mass is 10.1. The van der Waals surface area contributed by atoms with Gasteiger partial charge >= 0.3 is 0 Å². The molecule has 1 unspecified atom stereocenters. The second kappa shape index (κ2) is 8.01. The van der Waals surface area contributed by atoms with Crippen LogP contribution >= 0.6 is 11.8 Å². The van der Waals surface area contributed by atoms with E-state index in [0.29, 0.717) is 18.3 Å². The molecule has 1 aromatic carbocycles. The largest absolute Gasteiger partial charge is 0.496 e. The van der Waals surface area contributed by atoms with Gasteiger partial charge in [0.05, 0.1) is 12.0 Å². The molecule has 1 rings (SSSR count). The number of non-ortho nitro benzene ring substituents is 1. The number of benzene rings is 1. The molecule has 0 aliphatic carbocycles. The molecule has 0 saturated heterocycles. The van der Waals surface area contributed by atoms with Crippen LogP contribution in [0.5, 0.6) is 5.75 Å². The van der Waals surface area contributed by atoms with Gasteiger partial charge in [0, 0.05) is 30.3 Å². The molecule has 1 N–H and O–H groups in total. The smallest absolute Gasteiger partial charge is 0.270 e. The van der Waals surface area contributed by atoms with Crippen LogP contribution in [-0.4, -0.2) is 30.1 Å². The van der Waals surface area contributed by atoms with Crippen LogP contribution in [0, 0.1) is 10.1 Å². The third kappa shape index (κ3) is 5.08. The van der Waals surface area contributed by atoms with Crippen LogP contribution in [0.4, 0.5) is 5.69 Å². The van der Waals surface area contributed by atoms with Gasteiger partial charge in [-0.05, 0) is 31.4 Å². The van der Waals surface area contributed by atoms with Crippen molar-refractivity contribution in [2.75, 3.05) is 19.1 Å². The van der Waals surface area contributed by atoms with Crippen molar-refractivity contribution in [1.29, 1.82) is 0 Å². The molecule has 0 bridgehead atoms. The van der Waals surface area contributed by atoms with Crippen LogP contribution in [0.1, 0.15) is 18.9 Å². The molecule has 106 valence electrons. The molecular weight excluding hydrogens is 264 g/mol. The summed E-state index contributed by atoms with van der Waals surface area (Å²) in [5, 5.41) is 14.1. The van der Waals surface area contributed by atoms with Crippen molar-refractivity contribution in [3.8, 4) is 5.75 Å². The Hall–Kier alpha value is -1.27. The van der Waals surface area contributed by atoms with E-state index in [9.17, 15) is 10.1 Å². The van der Waals surface area contributed by atoms with E-state index in [1.54, 1.807) is 19.2 Å². The van der Waals surface area contributed by atoms with Gasteiger partial charge in [-0.3, -0.25) is 10.1 Å². The summed E-state index contributed by atoms with van der Waals surface area (Å²) in [6.45, 7) is 2.68. The molecule has 0 spiro atoms. The number of nitrogens with zero attached hydrogens (tertiary/aromatic N) is 1. The number of ether oxygens (including phenoxy) is 1. The predicted octanol–water partition coefficient (Wildman–Crippen LogP) is 2.83. The van der Waals surface area contributed by atoms with Gasteiger partial charge in [-0.1, -0.05) is 0 Å². The second-order valence-electron chi connectivity index (χ2n) is 4.32. The molecular formula is C13H20N2O3S. The lowest BCUT2D eigenvalue weighted by Crippen LogP contribution is -2.26. The number of hydrogen-bond acceptors (Lipinski definition) is 5. The van der Waals surface area contributed by atoms with Gasteiger partial charge in [0.2, 0.25) is 0 Å². The zero-order valence-electron chi connectivity index (χ0n) is 11.5. The Morgan fingerprint density at radius 2 is 2.26 bits per heavy atom. The molecule has 0 radical (unpaired) electrons. The van der Waals surface area contributed by atoms with Gasteiger partial charge in [-0.15, -0.1) is 0 Å². The highest BCUT2D eigenvalue weighted by molar-refractivity contribution is 7.98. The van der Waals surface area contributed by atoms with Crippen LogP contribution in [-0.2, 0) is 6.54 Å². The van der Waals surface area contributed by atoms with E-state index in [-0.39, 0.29) is 10.6 Å². The zero-order valence-corrected chi connectivity index (χ0v) is 12.3. The highest BCUT2D eigenvalue weighted by Gasteiger charge is 2.12. The molecule has 6 heteroatoms. The number of thioether (sulfide) groups is 1.